The molecule has 0 bridgehead atoms. The van der Waals surface area contributed by atoms with E-state index in [0.29, 0.717) is 0 Å². The van der Waals surface area contributed by atoms with E-state index in [1.165, 1.54) is 38.8 Å². The Balaban J connectivity index is 0.000000612. The average molecular weight is 275 g/mol. The van der Waals surface area contributed by atoms with Crippen molar-refractivity contribution >= 4 is 0 Å². The maximum atomic E-state index is 2.62. The minimum absolute atomic E-state index is 0.825. The van der Waals surface area contributed by atoms with Gasteiger partial charge in [-0.2, -0.15) is 0 Å². The number of aryl methyl sites for hydroxylation is 1. The fourth-order valence-corrected chi connectivity index (χ4v) is 2.80. The second-order valence-corrected chi connectivity index (χ2v) is 6.11. The van der Waals surface area contributed by atoms with Gasteiger partial charge in [-0.15, -0.1) is 0 Å². The van der Waals surface area contributed by atoms with Crippen molar-refractivity contribution in [1.29, 1.82) is 0 Å². The van der Waals surface area contributed by atoms with E-state index in [1.54, 1.807) is 16.7 Å². The molecule has 1 aliphatic heterocycles. The summed E-state index contributed by atoms with van der Waals surface area (Å²) in [7, 11) is 0. The standard InChI is InChI=1S/C16H25N.C3H8/c1-4-13(3)11-17-10-9-16-14(5-2)7-6-8-15(16)12-17;1-3-2/h6-8,13H,4-5,9-12H2,1-3H3;3H2,1-2H3. The highest BCUT2D eigenvalue weighted by Gasteiger charge is 2.18. The normalized spacial score (nSPS) is 16.1. The Kier molecular flexibility index (Phi) is 7.91. The Morgan fingerprint density at radius 1 is 1.15 bits per heavy atom. The van der Waals surface area contributed by atoms with Gasteiger partial charge in [0, 0.05) is 19.6 Å². The summed E-state index contributed by atoms with van der Waals surface area (Å²) in [5, 5.41) is 0. The highest BCUT2D eigenvalue weighted by Crippen LogP contribution is 2.23. The van der Waals surface area contributed by atoms with Crippen molar-refractivity contribution in [2.24, 2.45) is 5.92 Å². The third-order valence-corrected chi connectivity index (χ3v) is 4.09. The van der Waals surface area contributed by atoms with E-state index in [9.17, 15) is 0 Å². The molecule has 1 heterocycles. The first-order valence-corrected chi connectivity index (χ1v) is 8.48. The molecule has 1 heteroatoms. The van der Waals surface area contributed by atoms with Crippen LogP contribution in [0.1, 0.15) is 64.2 Å². The zero-order valence-electron chi connectivity index (χ0n) is 14.2. The molecule has 1 unspecified atom stereocenters. The lowest BCUT2D eigenvalue weighted by molar-refractivity contribution is 0.217. The lowest BCUT2D eigenvalue weighted by atomic mass is 9.93. The van der Waals surface area contributed by atoms with E-state index in [2.05, 4.69) is 57.7 Å². The number of hydrogen-bond acceptors (Lipinski definition) is 1. The van der Waals surface area contributed by atoms with E-state index >= 15 is 0 Å². The van der Waals surface area contributed by atoms with Gasteiger partial charge in [0.15, 0.2) is 0 Å². The molecule has 1 aromatic carbocycles. The summed E-state index contributed by atoms with van der Waals surface area (Å²) in [5.74, 6) is 0.825. The van der Waals surface area contributed by atoms with Gasteiger partial charge in [-0.1, -0.05) is 65.7 Å². The molecule has 1 aromatic rings. The van der Waals surface area contributed by atoms with Crippen LogP contribution in [0.25, 0.3) is 0 Å². The molecule has 1 atom stereocenters. The van der Waals surface area contributed by atoms with Crippen LogP contribution in [0.5, 0.6) is 0 Å². The van der Waals surface area contributed by atoms with E-state index < -0.39 is 0 Å². The van der Waals surface area contributed by atoms with Gasteiger partial charge in [0.05, 0.1) is 0 Å². The molecule has 1 aliphatic rings. The first kappa shape index (κ1) is 17.2. The first-order chi connectivity index (χ1) is 9.65. The molecule has 0 aromatic heterocycles. The van der Waals surface area contributed by atoms with Crippen molar-refractivity contribution < 1.29 is 0 Å². The monoisotopic (exact) mass is 275 g/mol. The predicted molar refractivity (Wildman–Crippen MR) is 90.2 cm³/mol. The fourth-order valence-electron chi connectivity index (χ4n) is 2.80. The second kappa shape index (κ2) is 9.18. The number of nitrogens with zero attached hydrogens (tertiary/aromatic N) is 1. The van der Waals surface area contributed by atoms with Gasteiger partial charge in [0.2, 0.25) is 0 Å². The van der Waals surface area contributed by atoms with Crippen molar-refractivity contribution in [2.75, 3.05) is 13.1 Å². The van der Waals surface area contributed by atoms with Gasteiger partial charge in [-0.05, 0) is 35.4 Å². The van der Waals surface area contributed by atoms with Gasteiger partial charge in [-0.25, -0.2) is 0 Å². The van der Waals surface area contributed by atoms with Crippen molar-refractivity contribution in [3.8, 4) is 0 Å². The molecule has 0 radical (unpaired) electrons. The number of benzene rings is 1. The molecule has 1 nitrogen and oxygen atoms in total. The molecule has 0 spiro atoms. The van der Waals surface area contributed by atoms with Gasteiger partial charge >= 0.3 is 0 Å². The number of hydrogen-bond donors (Lipinski definition) is 0. The van der Waals surface area contributed by atoms with Crippen LogP contribution in [0, 0.1) is 5.92 Å². The highest BCUT2D eigenvalue weighted by molar-refractivity contribution is 5.37. The van der Waals surface area contributed by atoms with Crippen molar-refractivity contribution in [3.63, 3.8) is 0 Å². The summed E-state index contributed by atoms with van der Waals surface area (Å²) in [4.78, 5) is 2.62. The Hall–Kier alpha value is -0.820. The smallest absolute Gasteiger partial charge is 0.0236 e. The Morgan fingerprint density at radius 3 is 2.45 bits per heavy atom. The molecule has 0 amide bonds. The number of rotatable bonds is 4. The fraction of sp³-hybridized carbons (Fsp3) is 0.684. The topological polar surface area (TPSA) is 3.24 Å². The van der Waals surface area contributed by atoms with Crippen LogP contribution in [0.4, 0.5) is 0 Å². The molecule has 20 heavy (non-hydrogen) atoms. The van der Waals surface area contributed by atoms with Crippen LogP contribution in [0.15, 0.2) is 18.2 Å². The summed E-state index contributed by atoms with van der Waals surface area (Å²) in [6.07, 6.45) is 4.96. The molecular formula is C19H33N. The van der Waals surface area contributed by atoms with Crippen LogP contribution < -0.4 is 0 Å². The van der Waals surface area contributed by atoms with E-state index in [4.69, 9.17) is 0 Å². The zero-order chi connectivity index (χ0) is 15.0. The Bertz CT molecular complexity index is 383. The zero-order valence-corrected chi connectivity index (χ0v) is 14.2. The lowest BCUT2D eigenvalue weighted by Crippen LogP contribution is -2.34. The van der Waals surface area contributed by atoms with Gasteiger partial charge in [0.25, 0.3) is 0 Å². The van der Waals surface area contributed by atoms with Gasteiger partial charge < -0.3 is 0 Å². The number of fused-ring (bicyclic) bond motifs is 1. The summed E-state index contributed by atoms with van der Waals surface area (Å²) < 4.78 is 0. The molecule has 0 fully saturated rings. The molecule has 0 aliphatic carbocycles. The second-order valence-electron chi connectivity index (χ2n) is 6.11. The maximum absolute atomic E-state index is 2.62. The minimum atomic E-state index is 0.825. The summed E-state index contributed by atoms with van der Waals surface area (Å²) in [6.45, 7) is 14.8. The van der Waals surface area contributed by atoms with Crippen LogP contribution in [-0.2, 0) is 19.4 Å². The Labute approximate surface area is 126 Å². The van der Waals surface area contributed by atoms with Crippen LogP contribution in [0.3, 0.4) is 0 Å². The van der Waals surface area contributed by atoms with Gasteiger partial charge in [0.1, 0.15) is 0 Å². The molecule has 2 rings (SSSR count). The molecule has 0 saturated carbocycles. The summed E-state index contributed by atoms with van der Waals surface area (Å²) in [5.41, 5.74) is 4.76. The van der Waals surface area contributed by atoms with Crippen molar-refractivity contribution in [1.82, 2.24) is 4.90 Å². The van der Waals surface area contributed by atoms with Crippen LogP contribution in [-0.4, -0.2) is 18.0 Å². The average Bonchev–Trinajstić information content (AvgIpc) is 2.47. The van der Waals surface area contributed by atoms with Crippen LogP contribution in [0.2, 0.25) is 0 Å². The third kappa shape index (κ3) is 4.94. The Morgan fingerprint density at radius 2 is 1.85 bits per heavy atom. The lowest BCUT2D eigenvalue weighted by Gasteiger charge is -2.31. The van der Waals surface area contributed by atoms with Gasteiger partial charge in [-0.3, -0.25) is 4.90 Å². The summed E-state index contributed by atoms with van der Waals surface area (Å²) >= 11 is 0. The molecule has 0 N–H and O–H groups in total. The van der Waals surface area contributed by atoms with E-state index in [0.717, 1.165) is 12.5 Å². The third-order valence-electron chi connectivity index (χ3n) is 4.09. The highest BCUT2D eigenvalue weighted by atomic mass is 15.1. The van der Waals surface area contributed by atoms with Crippen LogP contribution >= 0.6 is 0 Å². The van der Waals surface area contributed by atoms with Crippen molar-refractivity contribution in [2.45, 2.75) is 66.8 Å². The molecule has 0 saturated heterocycles. The quantitative estimate of drug-likeness (QED) is 0.741. The predicted octanol–water partition coefficient (Wildman–Crippen LogP) is 5.07. The van der Waals surface area contributed by atoms with E-state index in [1.807, 2.05) is 0 Å². The largest absolute Gasteiger partial charge is 0.298 e. The van der Waals surface area contributed by atoms with E-state index in [-0.39, 0.29) is 0 Å². The molecular weight excluding hydrogens is 242 g/mol. The maximum Gasteiger partial charge on any atom is 0.0236 e. The summed E-state index contributed by atoms with van der Waals surface area (Å²) in [6, 6.07) is 6.84. The van der Waals surface area contributed by atoms with Crippen molar-refractivity contribution in [3.05, 3.63) is 34.9 Å². The minimum Gasteiger partial charge on any atom is -0.298 e. The SMILES string of the molecule is CCC.CCc1cccc2c1CCN(CC(C)CC)C2. The molecule has 114 valence electrons. The first-order valence-electron chi connectivity index (χ1n) is 8.48.